The molecule has 0 N–H and O–H groups in total. The third-order valence-electron chi connectivity index (χ3n) is 5.73. The highest BCUT2D eigenvalue weighted by Gasteiger charge is 2.39. The summed E-state index contributed by atoms with van der Waals surface area (Å²) in [4.78, 5) is 5.50. The van der Waals surface area contributed by atoms with Crippen LogP contribution in [0.4, 0.5) is 0 Å². The molecule has 0 aliphatic carbocycles. The molecule has 3 aliphatic heterocycles. The second kappa shape index (κ2) is 6.33. The van der Waals surface area contributed by atoms with Crippen LogP contribution in [0.15, 0.2) is 0 Å². The van der Waals surface area contributed by atoms with Crippen molar-refractivity contribution in [2.75, 3.05) is 39.4 Å². The number of likely N-dealkylation sites (tertiary alicyclic amines) is 2. The highest BCUT2D eigenvalue weighted by molar-refractivity contribution is 4.92. The van der Waals surface area contributed by atoms with Gasteiger partial charge < -0.3 is 9.64 Å². The Morgan fingerprint density at radius 2 is 2.05 bits per heavy atom. The van der Waals surface area contributed by atoms with Gasteiger partial charge in [0.25, 0.3) is 0 Å². The number of hydrogen-bond donors (Lipinski definition) is 0. The van der Waals surface area contributed by atoms with Gasteiger partial charge in [0.2, 0.25) is 0 Å². The SMILES string of the molecule is CC(C)N1CCCCC1CN1CCCC2(CCOC2)C1. The predicted molar refractivity (Wildman–Crippen MR) is 83.0 cm³/mol. The average Bonchev–Trinajstić information content (AvgIpc) is 2.87. The first-order valence-corrected chi connectivity index (χ1v) is 8.74. The van der Waals surface area contributed by atoms with Crippen LogP contribution in [0.5, 0.6) is 0 Å². The summed E-state index contributed by atoms with van der Waals surface area (Å²) in [6, 6.07) is 1.50. The molecule has 1 spiro atoms. The summed E-state index contributed by atoms with van der Waals surface area (Å²) in [5.74, 6) is 0. The molecular formula is C17H32N2O. The summed E-state index contributed by atoms with van der Waals surface area (Å²) in [6.45, 7) is 11.9. The Hall–Kier alpha value is -0.120. The molecular weight excluding hydrogens is 248 g/mol. The van der Waals surface area contributed by atoms with Gasteiger partial charge in [-0.2, -0.15) is 0 Å². The van der Waals surface area contributed by atoms with E-state index in [1.807, 2.05) is 0 Å². The lowest BCUT2D eigenvalue weighted by molar-refractivity contribution is 0.0294. The first-order chi connectivity index (χ1) is 9.69. The highest BCUT2D eigenvalue weighted by atomic mass is 16.5. The summed E-state index contributed by atoms with van der Waals surface area (Å²) >= 11 is 0. The molecule has 3 fully saturated rings. The topological polar surface area (TPSA) is 15.7 Å². The Labute approximate surface area is 124 Å². The number of rotatable bonds is 3. The summed E-state index contributed by atoms with van der Waals surface area (Å²) in [5, 5.41) is 0. The van der Waals surface area contributed by atoms with Crippen LogP contribution < -0.4 is 0 Å². The van der Waals surface area contributed by atoms with E-state index in [0.29, 0.717) is 11.5 Å². The van der Waals surface area contributed by atoms with Crippen LogP contribution in [0.1, 0.15) is 52.4 Å². The van der Waals surface area contributed by atoms with Gasteiger partial charge in [-0.3, -0.25) is 4.90 Å². The zero-order valence-corrected chi connectivity index (χ0v) is 13.4. The largest absolute Gasteiger partial charge is 0.381 e. The van der Waals surface area contributed by atoms with E-state index in [0.717, 1.165) is 19.3 Å². The lowest BCUT2D eigenvalue weighted by Gasteiger charge is -2.45. The molecule has 3 nitrogen and oxygen atoms in total. The molecule has 3 saturated heterocycles. The highest BCUT2D eigenvalue weighted by Crippen LogP contribution is 2.38. The Morgan fingerprint density at radius 1 is 1.15 bits per heavy atom. The Kier molecular flexibility index (Phi) is 4.68. The minimum atomic E-state index is 0.510. The van der Waals surface area contributed by atoms with E-state index >= 15 is 0 Å². The molecule has 0 saturated carbocycles. The lowest BCUT2D eigenvalue weighted by Crippen LogP contribution is -2.53. The lowest BCUT2D eigenvalue weighted by atomic mass is 9.79. The van der Waals surface area contributed by atoms with E-state index in [1.165, 1.54) is 64.7 Å². The van der Waals surface area contributed by atoms with Gasteiger partial charge in [-0.1, -0.05) is 6.42 Å². The maximum atomic E-state index is 5.70. The Bertz CT molecular complexity index is 312. The van der Waals surface area contributed by atoms with Gasteiger partial charge in [0.15, 0.2) is 0 Å². The predicted octanol–water partition coefficient (Wildman–Crippen LogP) is 2.75. The second-order valence-electron chi connectivity index (χ2n) is 7.62. The molecule has 3 heterocycles. The van der Waals surface area contributed by atoms with Gasteiger partial charge in [-0.25, -0.2) is 0 Å². The van der Waals surface area contributed by atoms with Crippen LogP contribution >= 0.6 is 0 Å². The molecule has 0 aromatic heterocycles. The smallest absolute Gasteiger partial charge is 0.0535 e. The van der Waals surface area contributed by atoms with Gasteiger partial charge in [0.05, 0.1) is 6.61 Å². The minimum absolute atomic E-state index is 0.510. The fourth-order valence-corrected chi connectivity index (χ4v) is 4.63. The Morgan fingerprint density at radius 3 is 2.80 bits per heavy atom. The molecule has 116 valence electrons. The summed E-state index contributed by atoms with van der Waals surface area (Å²) < 4.78 is 5.70. The van der Waals surface area contributed by atoms with Crippen molar-refractivity contribution in [3.05, 3.63) is 0 Å². The van der Waals surface area contributed by atoms with E-state index in [1.54, 1.807) is 0 Å². The van der Waals surface area contributed by atoms with E-state index in [2.05, 4.69) is 23.6 Å². The normalized spacial score (nSPS) is 37.0. The maximum absolute atomic E-state index is 5.70. The molecule has 2 unspecified atom stereocenters. The van der Waals surface area contributed by atoms with Crippen molar-refractivity contribution in [2.45, 2.75) is 64.5 Å². The number of hydrogen-bond acceptors (Lipinski definition) is 3. The summed E-state index contributed by atoms with van der Waals surface area (Å²) in [5.41, 5.74) is 0.510. The van der Waals surface area contributed by atoms with Gasteiger partial charge >= 0.3 is 0 Å². The van der Waals surface area contributed by atoms with Crippen molar-refractivity contribution in [3.8, 4) is 0 Å². The van der Waals surface area contributed by atoms with Crippen molar-refractivity contribution in [2.24, 2.45) is 5.41 Å². The van der Waals surface area contributed by atoms with Gasteiger partial charge in [0.1, 0.15) is 0 Å². The monoisotopic (exact) mass is 280 g/mol. The zero-order chi connectivity index (χ0) is 14.0. The van der Waals surface area contributed by atoms with Crippen LogP contribution in [0.3, 0.4) is 0 Å². The van der Waals surface area contributed by atoms with Crippen LogP contribution in [0.2, 0.25) is 0 Å². The number of nitrogens with zero attached hydrogens (tertiary/aromatic N) is 2. The molecule has 0 radical (unpaired) electrons. The fourth-order valence-electron chi connectivity index (χ4n) is 4.63. The van der Waals surface area contributed by atoms with E-state index < -0.39 is 0 Å². The summed E-state index contributed by atoms with van der Waals surface area (Å²) in [7, 11) is 0. The molecule has 0 aromatic rings. The number of piperidine rings is 2. The van der Waals surface area contributed by atoms with Gasteiger partial charge in [0, 0.05) is 37.2 Å². The van der Waals surface area contributed by atoms with Crippen LogP contribution in [-0.4, -0.2) is 61.3 Å². The van der Waals surface area contributed by atoms with Crippen LogP contribution in [-0.2, 0) is 4.74 Å². The molecule has 3 rings (SSSR count). The average molecular weight is 280 g/mol. The molecule has 3 heteroatoms. The molecule has 3 aliphatic rings. The fraction of sp³-hybridized carbons (Fsp3) is 1.00. The first-order valence-electron chi connectivity index (χ1n) is 8.74. The quantitative estimate of drug-likeness (QED) is 0.790. The zero-order valence-electron chi connectivity index (χ0n) is 13.4. The van der Waals surface area contributed by atoms with Crippen LogP contribution in [0.25, 0.3) is 0 Å². The van der Waals surface area contributed by atoms with E-state index in [9.17, 15) is 0 Å². The van der Waals surface area contributed by atoms with E-state index in [4.69, 9.17) is 4.74 Å². The molecule has 0 amide bonds. The van der Waals surface area contributed by atoms with Crippen molar-refractivity contribution in [3.63, 3.8) is 0 Å². The second-order valence-corrected chi connectivity index (χ2v) is 7.62. The maximum Gasteiger partial charge on any atom is 0.0535 e. The standard InChI is InChI=1S/C17H32N2O/c1-15(2)19-10-4-3-6-16(19)12-18-9-5-7-17(13-18)8-11-20-14-17/h15-16H,3-14H2,1-2H3. The van der Waals surface area contributed by atoms with Crippen molar-refractivity contribution in [1.29, 1.82) is 0 Å². The Balaban J connectivity index is 1.58. The van der Waals surface area contributed by atoms with E-state index in [-0.39, 0.29) is 0 Å². The van der Waals surface area contributed by atoms with Crippen molar-refractivity contribution < 1.29 is 4.74 Å². The third kappa shape index (κ3) is 3.20. The third-order valence-corrected chi connectivity index (χ3v) is 5.73. The van der Waals surface area contributed by atoms with Gasteiger partial charge in [-0.05, 0) is 59.0 Å². The molecule has 0 bridgehead atoms. The van der Waals surface area contributed by atoms with Crippen molar-refractivity contribution >= 4 is 0 Å². The molecule has 0 aromatic carbocycles. The van der Waals surface area contributed by atoms with Crippen LogP contribution in [0, 0.1) is 5.41 Å². The molecule has 2 atom stereocenters. The minimum Gasteiger partial charge on any atom is -0.381 e. The number of ether oxygens (including phenoxy) is 1. The van der Waals surface area contributed by atoms with Gasteiger partial charge in [-0.15, -0.1) is 0 Å². The van der Waals surface area contributed by atoms with Crippen molar-refractivity contribution in [1.82, 2.24) is 9.80 Å². The first kappa shape index (κ1) is 14.8. The summed E-state index contributed by atoms with van der Waals surface area (Å²) in [6.07, 6.45) is 8.28. The molecule has 20 heavy (non-hydrogen) atoms.